The van der Waals surface area contributed by atoms with Crippen LogP contribution in [0.4, 0.5) is 0 Å². The molecule has 1 aliphatic carbocycles. The zero-order valence-electron chi connectivity index (χ0n) is 12.5. The maximum atomic E-state index is 11.9. The fourth-order valence-electron chi connectivity index (χ4n) is 2.50. The Bertz CT molecular complexity index is 554. The van der Waals surface area contributed by atoms with Crippen molar-refractivity contribution in [2.75, 3.05) is 7.11 Å². The average molecular weight is 344 g/mol. The van der Waals surface area contributed by atoms with Crippen molar-refractivity contribution in [1.82, 2.24) is 0 Å². The predicted octanol–water partition coefficient (Wildman–Crippen LogP) is 4.61. The highest BCUT2D eigenvalue weighted by atomic mass is 35.5. The van der Waals surface area contributed by atoms with E-state index in [-0.39, 0.29) is 18.5 Å². The molecule has 1 aromatic rings. The number of hydrogen-bond donors (Lipinski definition) is 0. The van der Waals surface area contributed by atoms with Crippen LogP contribution in [0, 0.1) is 0 Å². The second-order valence-electron chi connectivity index (χ2n) is 5.25. The van der Waals surface area contributed by atoms with Crippen molar-refractivity contribution in [3.63, 3.8) is 0 Å². The molecule has 120 valence electrons. The van der Waals surface area contributed by atoms with Crippen LogP contribution in [0.15, 0.2) is 23.4 Å². The van der Waals surface area contributed by atoms with Crippen LogP contribution in [0.25, 0.3) is 0 Å². The average Bonchev–Trinajstić information content (AvgIpc) is 2.99. The molecule has 22 heavy (non-hydrogen) atoms. The lowest BCUT2D eigenvalue weighted by atomic mass is 10.1. The van der Waals surface area contributed by atoms with Crippen LogP contribution in [0.5, 0.6) is 0 Å². The summed E-state index contributed by atoms with van der Waals surface area (Å²) in [6.45, 7) is 0. The number of esters is 1. The van der Waals surface area contributed by atoms with Crippen molar-refractivity contribution < 1.29 is 14.4 Å². The van der Waals surface area contributed by atoms with E-state index in [1.54, 1.807) is 18.2 Å². The second-order valence-corrected chi connectivity index (χ2v) is 6.06. The minimum atomic E-state index is -0.198. The molecule has 1 saturated carbocycles. The summed E-state index contributed by atoms with van der Waals surface area (Å²) in [5.41, 5.74) is 1.43. The minimum absolute atomic E-state index is 0.0836. The summed E-state index contributed by atoms with van der Waals surface area (Å²) in [5.74, 6) is -0.198. The van der Waals surface area contributed by atoms with E-state index in [9.17, 15) is 4.79 Å². The molecule has 4 nitrogen and oxygen atoms in total. The monoisotopic (exact) mass is 343 g/mol. The van der Waals surface area contributed by atoms with Gasteiger partial charge in [-0.2, -0.15) is 0 Å². The van der Waals surface area contributed by atoms with Gasteiger partial charge >= 0.3 is 5.97 Å². The van der Waals surface area contributed by atoms with E-state index in [1.165, 1.54) is 7.11 Å². The predicted molar refractivity (Wildman–Crippen MR) is 87.6 cm³/mol. The van der Waals surface area contributed by atoms with Gasteiger partial charge in [-0.25, -0.2) is 0 Å². The molecule has 0 bridgehead atoms. The Morgan fingerprint density at radius 1 is 1.23 bits per heavy atom. The highest BCUT2D eigenvalue weighted by Crippen LogP contribution is 2.24. The molecule has 0 spiro atoms. The Morgan fingerprint density at radius 2 is 1.95 bits per heavy atom. The van der Waals surface area contributed by atoms with Gasteiger partial charge in [0.15, 0.2) is 0 Å². The molecular formula is C16H19Cl2NO3. The third-order valence-corrected chi connectivity index (χ3v) is 4.36. The van der Waals surface area contributed by atoms with Crippen molar-refractivity contribution >= 4 is 34.9 Å². The molecule has 0 unspecified atom stereocenters. The summed E-state index contributed by atoms with van der Waals surface area (Å²) in [5, 5.41) is 4.89. The van der Waals surface area contributed by atoms with Gasteiger partial charge in [-0.15, -0.1) is 0 Å². The molecule has 2 rings (SSSR count). The maximum Gasteiger partial charge on any atom is 0.306 e. The first-order valence-corrected chi connectivity index (χ1v) is 8.10. The first-order chi connectivity index (χ1) is 10.6. The second kappa shape index (κ2) is 8.39. The van der Waals surface area contributed by atoms with E-state index in [2.05, 4.69) is 5.16 Å². The van der Waals surface area contributed by atoms with Gasteiger partial charge in [-0.05, 0) is 37.8 Å². The Balaban J connectivity index is 1.95. The number of rotatable bonds is 6. The van der Waals surface area contributed by atoms with E-state index in [0.717, 1.165) is 31.2 Å². The van der Waals surface area contributed by atoms with Crippen LogP contribution < -0.4 is 0 Å². The third-order valence-electron chi connectivity index (χ3n) is 3.62. The fraction of sp³-hybridized carbons (Fsp3) is 0.500. The van der Waals surface area contributed by atoms with Crippen molar-refractivity contribution in [1.29, 1.82) is 0 Å². The van der Waals surface area contributed by atoms with Crippen LogP contribution >= 0.6 is 23.2 Å². The van der Waals surface area contributed by atoms with Crippen molar-refractivity contribution in [2.24, 2.45) is 5.16 Å². The minimum Gasteiger partial charge on any atom is -0.462 e. The molecule has 0 radical (unpaired) electrons. The first kappa shape index (κ1) is 17.1. The summed E-state index contributed by atoms with van der Waals surface area (Å²) in [4.78, 5) is 16.7. The Kier molecular flexibility index (Phi) is 6.52. The van der Waals surface area contributed by atoms with Gasteiger partial charge in [0, 0.05) is 12.0 Å². The number of carbonyl (C=O) groups excluding carboxylic acids is 1. The van der Waals surface area contributed by atoms with E-state index < -0.39 is 0 Å². The van der Waals surface area contributed by atoms with Gasteiger partial charge in [-0.1, -0.05) is 34.4 Å². The number of hydrogen-bond acceptors (Lipinski definition) is 4. The standard InChI is InChI=1S/C16H19Cl2NO3/c1-21-19-15(11-6-7-13(17)14(18)10-11)8-9-16(20)22-12-4-2-3-5-12/h6-7,10,12H,2-5,8-9H2,1H3. The van der Waals surface area contributed by atoms with Gasteiger partial charge in [0.1, 0.15) is 13.2 Å². The summed E-state index contributed by atoms with van der Waals surface area (Å²) in [6, 6.07) is 5.21. The highest BCUT2D eigenvalue weighted by Gasteiger charge is 2.19. The largest absolute Gasteiger partial charge is 0.462 e. The smallest absolute Gasteiger partial charge is 0.306 e. The summed E-state index contributed by atoms with van der Waals surface area (Å²) >= 11 is 11.9. The van der Waals surface area contributed by atoms with Crippen molar-refractivity contribution in [3.05, 3.63) is 33.8 Å². The number of benzene rings is 1. The molecule has 1 aromatic carbocycles. The molecule has 0 atom stereocenters. The lowest BCUT2D eigenvalue weighted by Crippen LogP contribution is -2.16. The van der Waals surface area contributed by atoms with Crippen LogP contribution in [-0.2, 0) is 14.4 Å². The summed E-state index contributed by atoms with van der Waals surface area (Å²) in [6.07, 6.45) is 4.99. The lowest BCUT2D eigenvalue weighted by Gasteiger charge is -2.12. The Labute approximate surface area is 140 Å². The molecule has 6 heteroatoms. The van der Waals surface area contributed by atoms with E-state index in [4.69, 9.17) is 32.8 Å². The van der Waals surface area contributed by atoms with Crippen molar-refractivity contribution in [2.45, 2.75) is 44.6 Å². The van der Waals surface area contributed by atoms with Crippen LogP contribution in [0.1, 0.15) is 44.1 Å². The molecule has 0 aliphatic heterocycles. The van der Waals surface area contributed by atoms with Gasteiger partial charge in [-0.3, -0.25) is 4.79 Å². The molecule has 0 aromatic heterocycles. The van der Waals surface area contributed by atoms with E-state index in [0.29, 0.717) is 22.2 Å². The molecule has 0 amide bonds. The van der Waals surface area contributed by atoms with Crippen LogP contribution in [0.3, 0.4) is 0 Å². The molecule has 1 aliphatic rings. The fourth-order valence-corrected chi connectivity index (χ4v) is 2.80. The van der Waals surface area contributed by atoms with Crippen LogP contribution in [0.2, 0.25) is 10.0 Å². The van der Waals surface area contributed by atoms with Gasteiger partial charge in [0.25, 0.3) is 0 Å². The van der Waals surface area contributed by atoms with Crippen molar-refractivity contribution in [3.8, 4) is 0 Å². The SMILES string of the molecule is CON=C(CCC(=O)OC1CCCC1)c1ccc(Cl)c(Cl)c1. The summed E-state index contributed by atoms with van der Waals surface area (Å²) in [7, 11) is 1.47. The maximum absolute atomic E-state index is 11.9. The van der Waals surface area contributed by atoms with Crippen LogP contribution in [-0.4, -0.2) is 24.9 Å². The quantitative estimate of drug-likeness (QED) is 0.430. The van der Waals surface area contributed by atoms with E-state index in [1.807, 2.05) is 0 Å². The molecule has 1 fully saturated rings. The lowest BCUT2D eigenvalue weighted by molar-refractivity contribution is -0.148. The summed E-state index contributed by atoms with van der Waals surface area (Å²) < 4.78 is 5.44. The molecule has 0 N–H and O–H groups in total. The Hall–Kier alpha value is -1.26. The number of halogens is 2. The van der Waals surface area contributed by atoms with E-state index >= 15 is 0 Å². The molecule has 0 heterocycles. The molecule has 0 saturated heterocycles. The third kappa shape index (κ3) is 4.89. The number of carbonyl (C=O) groups is 1. The first-order valence-electron chi connectivity index (χ1n) is 7.35. The molecular weight excluding hydrogens is 325 g/mol. The highest BCUT2D eigenvalue weighted by molar-refractivity contribution is 6.42. The van der Waals surface area contributed by atoms with Gasteiger partial charge in [0.05, 0.1) is 22.2 Å². The number of oxime groups is 1. The topological polar surface area (TPSA) is 47.9 Å². The van der Waals surface area contributed by atoms with Gasteiger partial charge in [0.2, 0.25) is 0 Å². The zero-order chi connectivity index (χ0) is 15.9. The number of nitrogens with zero attached hydrogens (tertiary/aromatic N) is 1. The van der Waals surface area contributed by atoms with Gasteiger partial charge < -0.3 is 9.57 Å². The Morgan fingerprint density at radius 3 is 2.59 bits per heavy atom. The zero-order valence-corrected chi connectivity index (χ0v) is 14.0. The number of ether oxygens (including phenoxy) is 1. The normalized spacial score (nSPS) is 15.9.